The summed E-state index contributed by atoms with van der Waals surface area (Å²) >= 11 is 2.09. The molecule has 1 heterocycles. The average Bonchev–Trinajstić information content (AvgIpc) is 3.04. The Balaban J connectivity index is 1.86. The topological polar surface area (TPSA) is 15.3 Å². The molecule has 2 unspecified atom stereocenters. The zero-order chi connectivity index (χ0) is 11.6. The number of nitrogens with zero attached hydrogens (tertiary/aromatic N) is 1. The number of nitrogens with one attached hydrogen (secondary N) is 1. The van der Waals surface area contributed by atoms with E-state index in [0.29, 0.717) is 4.75 Å². The van der Waals surface area contributed by atoms with E-state index in [1.807, 2.05) is 0 Å². The fourth-order valence-electron chi connectivity index (χ4n) is 2.69. The SMILES string of the molecule is CCCC1CN(CC2(SC)CC2)C(C)CN1. The summed E-state index contributed by atoms with van der Waals surface area (Å²) in [5.41, 5.74) is 0. The molecule has 1 N–H and O–H groups in total. The predicted octanol–water partition coefficient (Wildman–Crippen LogP) is 2.34. The highest BCUT2D eigenvalue weighted by Crippen LogP contribution is 2.48. The second-order valence-electron chi connectivity index (χ2n) is 5.56. The molecule has 1 aliphatic heterocycles. The minimum atomic E-state index is 0.627. The molecular weight excluding hydrogens is 216 g/mol. The van der Waals surface area contributed by atoms with Gasteiger partial charge in [-0.3, -0.25) is 4.90 Å². The summed E-state index contributed by atoms with van der Waals surface area (Å²) in [7, 11) is 0. The van der Waals surface area contributed by atoms with Crippen molar-refractivity contribution >= 4 is 11.8 Å². The van der Waals surface area contributed by atoms with Crippen LogP contribution < -0.4 is 5.32 Å². The summed E-state index contributed by atoms with van der Waals surface area (Å²) in [6.45, 7) is 8.41. The maximum absolute atomic E-state index is 3.68. The smallest absolute Gasteiger partial charge is 0.0285 e. The molecule has 2 nitrogen and oxygen atoms in total. The van der Waals surface area contributed by atoms with Crippen LogP contribution in [0.5, 0.6) is 0 Å². The van der Waals surface area contributed by atoms with Crippen molar-refractivity contribution in [3.8, 4) is 0 Å². The largest absolute Gasteiger partial charge is 0.311 e. The number of hydrogen-bond donors (Lipinski definition) is 1. The first-order valence-electron chi connectivity index (χ1n) is 6.72. The van der Waals surface area contributed by atoms with Crippen LogP contribution in [0.1, 0.15) is 39.5 Å². The molecular formula is C13H26N2S. The summed E-state index contributed by atoms with van der Waals surface area (Å²) in [5.74, 6) is 0. The van der Waals surface area contributed by atoms with E-state index < -0.39 is 0 Å². The van der Waals surface area contributed by atoms with Gasteiger partial charge in [0.2, 0.25) is 0 Å². The van der Waals surface area contributed by atoms with Gasteiger partial charge in [-0.05, 0) is 32.4 Å². The van der Waals surface area contributed by atoms with E-state index in [9.17, 15) is 0 Å². The lowest BCUT2D eigenvalue weighted by molar-refractivity contribution is 0.135. The Morgan fingerprint density at radius 1 is 1.44 bits per heavy atom. The third-order valence-corrected chi connectivity index (χ3v) is 5.55. The summed E-state index contributed by atoms with van der Waals surface area (Å²) in [6, 6.07) is 1.46. The monoisotopic (exact) mass is 242 g/mol. The lowest BCUT2D eigenvalue weighted by atomic mass is 10.1. The lowest BCUT2D eigenvalue weighted by Gasteiger charge is -2.40. The van der Waals surface area contributed by atoms with Crippen molar-refractivity contribution in [1.82, 2.24) is 10.2 Å². The predicted molar refractivity (Wildman–Crippen MR) is 73.2 cm³/mol. The van der Waals surface area contributed by atoms with E-state index in [2.05, 4.69) is 42.1 Å². The van der Waals surface area contributed by atoms with E-state index in [4.69, 9.17) is 0 Å². The van der Waals surface area contributed by atoms with Gasteiger partial charge in [0.1, 0.15) is 0 Å². The molecule has 2 aliphatic rings. The average molecular weight is 242 g/mol. The van der Waals surface area contributed by atoms with Crippen molar-refractivity contribution in [2.45, 2.75) is 56.4 Å². The van der Waals surface area contributed by atoms with Crippen molar-refractivity contribution in [1.29, 1.82) is 0 Å². The van der Waals surface area contributed by atoms with Gasteiger partial charge in [0.15, 0.2) is 0 Å². The number of hydrogen-bond acceptors (Lipinski definition) is 3. The zero-order valence-corrected chi connectivity index (χ0v) is 11.8. The summed E-state index contributed by atoms with van der Waals surface area (Å²) in [4.78, 5) is 2.72. The van der Waals surface area contributed by atoms with Gasteiger partial charge in [0.05, 0.1) is 0 Å². The van der Waals surface area contributed by atoms with Crippen molar-refractivity contribution < 1.29 is 0 Å². The Kier molecular flexibility index (Phi) is 4.20. The molecule has 16 heavy (non-hydrogen) atoms. The lowest BCUT2D eigenvalue weighted by Crippen LogP contribution is -2.56. The number of piperazine rings is 1. The molecule has 2 atom stereocenters. The molecule has 1 aliphatic carbocycles. The molecule has 2 rings (SSSR count). The second-order valence-corrected chi connectivity index (χ2v) is 6.83. The number of rotatable bonds is 5. The maximum atomic E-state index is 3.68. The maximum Gasteiger partial charge on any atom is 0.0285 e. The fourth-order valence-corrected chi connectivity index (χ4v) is 3.50. The fraction of sp³-hybridized carbons (Fsp3) is 1.00. The molecule has 2 fully saturated rings. The van der Waals surface area contributed by atoms with E-state index >= 15 is 0 Å². The van der Waals surface area contributed by atoms with E-state index in [1.54, 1.807) is 0 Å². The highest BCUT2D eigenvalue weighted by Gasteiger charge is 2.44. The van der Waals surface area contributed by atoms with Crippen molar-refractivity contribution in [2.75, 3.05) is 25.9 Å². The van der Waals surface area contributed by atoms with Gasteiger partial charge in [-0.15, -0.1) is 0 Å². The van der Waals surface area contributed by atoms with Gasteiger partial charge < -0.3 is 5.32 Å². The minimum Gasteiger partial charge on any atom is -0.311 e. The van der Waals surface area contributed by atoms with Gasteiger partial charge in [-0.25, -0.2) is 0 Å². The Labute approximate surface area is 105 Å². The van der Waals surface area contributed by atoms with E-state index in [-0.39, 0.29) is 0 Å². The Morgan fingerprint density at radius 3 is 2.75 bits per heavy atom. The summed E-state index contributed by atoms with van der Waals surface area (Å²) < 4.78 is 0.627. The van der Waals surface area contributed by atoms with Crippen LogP contribution in [0, 0.1) is 0 Å². The first-order valence-corrected chi connectivity index (χ1v) is 7.94. The summed E-state index contributed by atoms with van der Waals surface area (Å²) in [6.07, 6.45) is 7.78. The van der Waals surface area contributed by atoms with Crippen LogP contribution >= 0.6 is 11.8 Å². The molecule has 1 saturated heterocycles. The van der Waals surface area contributed by atoms with Crippen LogP contribution in [-0.2, 0) is 0 Å². The van der Waals surface area contributed by atoms with Gasteiger partial charge in [0.25, 0.3) is 0 Å². The molecule has 0 aromatic rings. The zero-order valence-electron chi connectivity index (χ0n) is 11.0. The van der Waals surface area contributed by atoms with Crippen LogP contribution in [0.3, 0.4) is 0 Å². The van der Waals surface area contributed by atoms with E-state index in [0.717, 1.165) is 12.1 Å². The minimum absolute atomic E-state index is 0.627. The Bertz CT molecular complexity index is 228. The summed E-state index contributed by atoms with van der Waals surface area (Å²) in [5, 5.41) is 3.68. The van der Waals surface area contributed by atoms with Gasteiger partial charge in [-0.2, -0.15) is 11.8 Å². The van der Waals surface area contributed by atoms with Crippen LogP contribution in [0.2, 0.25) is 0 Å². The molecule has 94 valence electrons. The first kappa shape index (κ1) is 12.7. The molecule has 0 bridgehead atoms. The van der Waals surface area contributed by atoms with Crippen molar-refractivity contribution in [3.05, 3.63) is 0 Å². The molecule has 0 spiro atoms. The highest BCUT2D eigenvalue weighted by atomic mass is 32.2. The molecule has 0 radical (unpaired) electrons. The normalized spacial score (nSPS) is 33.9. The van der Waals surface area contributed by atoms with Gasteiger partial charge >= 0.3 is 0 Å². The van der Waals surface area contributed by atoms with Gasteiger partial charge in [-0.1, -0.05) is 13.3 Å². The Morgan fingerprint density at radius 2 is 2.19 bits per heavy atom. The van der Waals surface area contributed by atoms with Crippen LogP contribution in [0.15, 0.2) is 0 Å². The molecule has 3 heteroatoms. The molecule has 0 amide bonds. The van der Waals surface area contributed by atoms with Crippen LogP contribution in [0.25, 0.3) is 0 Å². The van der Waals surface area contributed by atoms with E-state index in [1.165, 1.54) is 45.3 Å². The molecule has 0 aromatic carbocycles. The van der Waals surface area contributed by atoms with Crippen molar-refractivity contribution in [2.24, 2.45) is 0 Å². The highest BCUT2D eigenvalue weighted by molar-refractivity contribution is 8.00. The second kappa shape index (κ2) is 5.28. The standard InChI is InChI=1S/C13H26N2S/c1-4-5-12-9-15(11(2)8-14-12)10-13(16-3)6-7-13/h11-12,14H,4-10H2,1-3H3. The van der Waals surface area contributed by atoms with Crippen LogP contribution in [-0.4, -0.2) is 47.6 Å². The quantitative estimate of drug-likeness (QED) is 0.797. The van der Waals surface area contributed by atoms with Crippen LogP contribution in [0.4, 0.5) is 0 Å². The van der Waals surface area contributed by atoms with Crippen molar-refractivity contribution in [3.63, 3.8) is 0 Å². The number of thioether (sulfide) groups is 1. The molecule has 0 aromatic heterocycles. The third-order valence-electron chi connectivity index (χ3n) is 4.15. The van der Waals surface area contributed by atoms with Gasteiger partial charge in [0, 0.05) is 36.5 Å². The third kappa shape index (κ3) is 2.93. The Hall–Kier alpha value is 0.270. The molecule has 1 saturated carbocycles. The first-order chi connectivity index (χ1) is 7.69.